The molecule has 0 aliphatic rings. The number of Topliss-reactive ketones (excluding diaryl/α,β-unsaturated/α-hetero) is 1. The molecule has 27 heavy (non-hydrogen) atoms. The fourth-order valence-electron chi connectivity index (χ4n) is 2.20. The molecule has 0 bridgehead atoms. The number of amides is 1. The highest BCUT2D eigenvalue weighted by molar-refractivity contribution is 8.00. The van der Waals surface area contributed by atoms with E-state index in [2.05, 4.69) is 15.5 Å². The van der Waals surface area contributed by atoms with Crippen LogP contribution in [0.1, 0.15) is 24.2 Å². The fraction of sp³-hybridized carbons (Fsp3) is 0.158. The van der Waals surface area contributed by atoms with Gasteiger partial charge >= 0.3 is 0 Å². The van der Waals surface area contributed by atoms with Crippen molar-refractivity contribution in [1.29, 1.82) is 0 Å². The van der Waals surface area contributed by atoms with Gasteiger partial charge in [-0.2, -0.15) is 0 Å². The molecule has 2 aromatic carbocycles. The Morgan fingerprint density at radius 3 is 2.37 bits per heavy atom. The van der Waals surface area contributed by atoms with Crippen molar-refractivity contribution in [2.45, 2.75) is 24.3 Å². The van der Waals surface area contributed by atoms with Crippen LogP contribution in [0, 0.1) is 5.82 Å². The molecule has 0 aliphatic heterocycles. The third-order valence-corrected chi connectivity index (χ3v) is 4.64. The van der Waals surface area contributed by atoms with Gasteiger partial charge in [0.2, 0.25) is 11.8 Å². The molecule has 3 aromatic rings. The molecule has 0 spiro atoms. The largest absolute Gasteiger partial charge is 0.411 e. The summed E-state index contributed by atoms with van der Waals surface area (Å²) in [7, 11) is 0. The molecule has 0 radical (unpaired) electrons. The monoisotopic (exact) mass is 385 g/mol. The second-order valence-corrected chi connectivity index (χ2v) is 7.05. The number of anilines is 1. The van der Waals surface area contributed by atoms with Gasteiger partial charge < -0.3 is 9.73 Å². The van der Waals surface area contributed by atoms with Gasteiger partial charge in [0.25, 0.3) is 5.22 Å². The molecule has 138 valence electrons. The topological polar surface area (TPSA) is 85.1 Å². The molecule has 0 unspecified atom stereocenters. The van der Waals surface area contributed by atoms with E-state index in [1.54, 1.807) is 31.2 Å². The van der Waals surface area contributed by atoms with E-state index in [1.807, 2.05) is 0 Å². The first-order chi connectivity index (χ1) is 12.9. The van der Waals surface area contributed by atoms with E-state index in [1.165, 1.54) is 31.2 Å². The van der Waals surface area contributed by atoms with Crippen LogP contribution >= 0.6 is 11.8 Å². The summed E-state index contributed by atoms with van der Waals surface area (Å²) in [5.41, 5.74) is 1.77. The molecule has 0 aliphatic carbocycles. The van der Waals surface area contributed by atoms with Crippen molar-refractivity contribution in [3.63, 3.8) is 0 Å². The first kappa shape index (κ1) is 18.8. The van der Waals surface area contributed by atoms with Gasteiger partial charge in [0, 0.05) is 16.8 Å². The molecule has 1 amide bonds. The summed E-state index contributed by atoms with van der Waals surface area (Å²) in [5.74, 6) is -0.373. The van der Waals surface area contributed by atoms with Crippen molar-refractivity contribution >= 4 is 29.1 Å². The summed E-state index contributed by atoms with van der Waals surface area (Å²) in [6.07, 6.45) is 0. The number of hydrogen-bond acceptors (Lipinski definition) is 6. The van der Waals surface area contributed by atoms with Crippen molar-refractivity contribution in [3.05, 3.63) is 59.9 Å². The Morgan fingerprint density at radius 2 is 1.74 bits per heavy atom. The quantitative estimate of drug-likeness (QED) is 0.506. The van der Waals surface area contributed by atoms with Gasteiger partial charge in [0.15, 0.2) is 5.78 Å². The number of carbonyl (C=O) groups excluding carboxylic acids is 2. The Hall–Kier alpha value is -3.00. The highest BCUT2D eigenvalue weighted by atomic mass is 32.2. The maximum Gasteiger partial charge on any atom is 0.277 e. The standard InChI is InChI=1S/C19H16FN3O3S/c1-11(24)13-5-9-16(10-6-13)21-17(25)12(2)27-19-23-22-18(26-19)14-3-7-15(20)8-4-14/h3-10,12H,1-2H3,(H,21,25)/t12-/m1/s1. The van der Waals surface area contributed by atoms with Crippen molar-refractivity contribution in [2.75, 3.05) is 5.32 Å². The minimum absolute atomic E-state index is 0.0369. The van der Waals surface area contributed by atoms with Gasteiger partial charge in [0.1, 0.15) is 5.82 Å². The summed E-state index contributed by atoms with van der Waals surface area (Å²) < 4.78 is 18.5. The van der Waals surface area contributed by atoms with E-state index < -0.39 is 5.25 Å². The first-order valence-electron chi connectivity index (χ1n) is 8.10. The number of carbonyl (C=O) groups is 2. The number of nitrogens with one attached hydrogen (secondary N) is 1. The zero-order valence-electron chi connectivity index (χ0n) is 14.6. The SMILES string of the molecule is CC(=O)c1ccc(NC(=O)[C@@H](C)Sc2nnc(-c3ccc(F)cc3)o2)cc1. The summed E-state index contributed by atoms with van der Waals surface area (Å²) >= 11 is 1.12. The number of halogens is 1. The van der Waals surface area contributed by atoms with Gasteiger partial charge in [-0.05, 0) is 62.4 Å². The predicted molar refractivity (Wildman–Crippen MR) is 100 cm³/mol. The van der Waals surface area contributed by atoms with E-state index >= 15 is 0 Å². The lowest BCUT2D eigenvalue weighted by molar-refractivity contribution is -0.115. The average Bonchev–Trinajstić information content (AvgIpc) is 3.11. The van der Waals surface area contributed by atoms with E-state index in [0.717, 1.165) is 11.8 Å². The number of aromatic nitrogens is 2. The average molecular weight is 385 g/mol. The normalized spacial score (nSPS) is 11.8. The Balaban J connectivity index is 1.61. The Bertz CT molecular complexity index is 955. The Kier molecular flexibility index (Phi) is 5.66. The van der Waals surface area contributed by atoms with E-state index in [9.17, 15) is 14.0 Å². The molecular formula is C19H16FN3O3S. The molecule has 1 atom stereocenters. The highest BCUT2D eigenvalue weighted by Gasteiger charge is 2.19. The summed E-state index contributed by atoms with van der Waals surface area (Å²) in [6.45, 7) is 3.20. The maximum atomic E-state index is 13.0. The van der Waals surface area contributed by atoms with Gasteiger partial charge in [-0.15, -0.1) is 10.2 Å². The van der Waals surface area contributed by atoms with E-state index in [-0.39, 0.29) is 28.6 Å². The molecular weight excluding hydrogens is 369 g/mol. The van der Waals surface area contributed by atoms with Crippen LogP contribution < -0.4 is 5.32 Å². The molecule has 0 fully saturated rings. The molecule has 1 aromatic heterocycles. The number of thioether (sulfide) groups is 1. The lowest BCUT2D eigenvalue weighted by Crippen LogP contribution is -2.22. The number of ketones is 1. The molecule has 8 heteroatoms. The van der Waals surface area contributed by atoms with Crippen LogP contribution in [0.15, 0.2) is 58.2 Å². The van der Waals surface area contributed by atoms with Crippen molar-refractivity contribution in [1.82, 2.24) is 10.2 Å². The summed E-state index contributed by atoms with van der Waals surface area (Å²) in [4.78, 5) is 23.6. The molecule has 0 saturated carbocycles. The molecule has 1 heterocycles. The van der Waals surface area contributed by atoms with Crippen LogP contribution in [0.5, 0.6) is 0 Å². The van der Waals surface area contributed by atoms with E-state index in [4.69, 9.17) is 4.42 Å². The first-order valence-corrected chi connectivity index (χ1v) is 8.98. The third-order valence-electron chi connectivity index (χ3n) is 3.70. The van der Waals surface area contributed by atoms with E-state index in [0.29, 0.717) is 16.8 Å². The number of benzene rings is 2. The molecule has 6 nitrogen and oxygen atoms in total. The van der Waals surface area contributed by atoms with Crippen LogP contribution in [0.3, 0.4) is 0 Å². The lowest BCUT2D eigenvalue weighted by atomic mass is 10.1. The lowest BCUT2D eigenvalue weighted by Gasteiger charge is -2.10. The molecule has 0 saturated heterocycles. The van der Waals surface area contributed by atoms with Crippen molar-refractivity contribution in [2.24, 2.45) is 0 Å². The minimum Gasteiger partial charge on any atom is -0.411 e. The second-order valence-electron chi connectivity index (χ2n) is 5.76. The number of nitrogens with zero attached hydrogens (tertiary/aromatic N) is 2. The highest BCUT2D eigenvalue weighted by Crippen LogP contribution is 2.27. The van der Waals surface area contributed by atoms with Crippen LogP contribution in [-0.2, 0) is 4.79 Å². The summed E-state index contributed by atoms with van der Waals surface area (Å²) in [6, 6.07) is 12.3. The van der Waals surface area contributed by atoms with Crippen molar-refractivity contribution < 1.29 is 18.4 Å². The number of rotatable bonds is 6. The zero-order chi connectivity index (χ0) is 19.4. The van der Waals surface area contributed by atoms with Gasteiger partial charge in [0.05, 0.1) is 5.25 Å². The second kappa shape index (κ2) is 8.13. The number of hydrogen-bond donors (Lipinski definition) is 1. The molecule has 1 N–H and O–H groups in total. The predicted octanol–water partition coefficient (Wildman–Crippen LogP) is 4.20. The Labute approximate surface area is 159 Å². The van der Waals surface area contributed by atoms with Gasteiger partial charge in [-0.1, -0.05) is 11.8 Å². The smallest absolute Gasteiger partial charge is 0.277 e. The van der Waals surface area contributed by atoms with Crippen LogP contribution in [-0.4, -0.2) is 27.1 Å². The maximum absolute atomic E-state index is 13.0. The van der Waals surface area contributed by atoms with Crippen LogP contribution in [0.2, 0.25) is 0 Å². The van der Waals surface area contributed by atoms with Crippen LogP contribution in [0.4, 0.5) is 10.1 Å². The fourth-order valence-corrected chi connectivity index (χ4v) is 2.89. The Morgan fingerprint density at radius 1 is 1.07 bits per heavy atom. The summed E-state index contributed by atoms with van der Waals surface area (Å²) in [5, 5.41) is 10.3. The zero-order valence-corrected chi connectivity index (χ0v) is 15.4. The minimum atomic E-state index is -0.487. The van der Waals surface area contributed by atoms with Crippen LogP contribution in [0.25, 0.3) is 11.5 Å². The van der Waals surface area contributed by atoms with Gasteiger partial charge in [-0.25, -0.2) is 4.39 Å². The van der Waals surface area contributed by atoms with Crippen molar-refractivity contribution in [3.8, 4) is 11.5 Å². The van der Waals surface area contributed by atoms with Gasteiger partial charge in [-0.3, -0.25) is 9.59 Å². The third kappa shape index (κ3) is 4.79. The molecule has 3 rings (SSSR count).